The summed E-state index contributed by atoms with van der Waals surface area (Å²) in [7, 11) is -18.8. The zero-order valence-corrected chi connectivity index (χ0v) is 23.3. The first-order chi connectivity index (χ1) is 20.0. The number of rotatable bonds is 7. The summed E-state index contributed by atoms with van der Waals surface area (Å²) in [5.41, 5.74) is -18.9. The van der Waals surface area contributed by atoms with Gasteiger partial charge in [-0.2, -0.15) is 64.8 Å². The van der Waals surface area contributed by atoms with Gasteiger partial charge in [-0.05, 0) is 41.0 Å². The highest BCUT2D eigenvalue weighted by atomic mass is 32.2. The Hall–Kier alpha value is -3.72. The molecule has 0 spiro atoms. The minimum atomic E-state index is -6.31. The lowest BCUT2D eigenvalue weighted by molar-refractivity contribution is -0.0505. The summed E-state index contributed by atoms with van der Waals surface area (Å²) >= 11 is 0. The fourth-order valence-electron chi connectivity index (χ4n) is 4.19. The zero-order chi connectivity index (χ0) is 33.1. The van der Waals surface area contributed by atoms with Gasteiger partial charge in [0.05, 0.1) is 0 Å². The van der Waals surface area contributed by atoms with Crippen molar-refractivity contribution in [1.82, 2.24) is 0 Å². The molecule has 0 aromatic heterocycles. The molecule has 44 heavy (non-hydrogen) atoms. The number of fused-ring (bicyclic) bond motifs is 2. The van der Waals surface area contributed by atoms with Crippen molar-refractivity contribution in [2.45, 2.75) is 28.9 Å². The molecule has 1 aliphatic carbocycles. The van der Waals surface area contributed by atoms with Gasteiger partial charge in [0.2, 0.25) is 0 Å². The summed E-state index contributed by atoms with van der Waals surface area (Å²) in [4.78, 5) is 0. The summed E-state index contributed by atoms with van der Waals surface area (Å²) in [6, 6.07) is 9.71. The van der Waals surface area contributed by atoms with E-state index in [1.54, 1.807) is 0 Å². The van der Waals surface area contributed by atoms with Crippen molar-refractivity contribution < 1.29 is 77.3 Å². The zero-order valence-electron chi connectivity index (χ0n) is 20.9. The van der Waals surface area contributed by atoms with Crippen LogP contribution in [-0.2, 0) is 36.8 Å². The Morgan fingerprint density at radius 3 is 1.34 bits per heavy atom. The van der Waals surface area contributed by atoms with Gasteiger partial charge in [-0.25, -0.2) is 0 Å². The van der Waals surface area contributed by atoms with Gasteiger partial charge in [-0.3, -0.25) is 0 Å². The molecule has 0 atom stereocenters. The molecule has 9 nitrogen and oxygen atoms in total. The fourth-order valence-corrected chi connectivity index (χ4v) is 5.62. The van der Waals surface area contributed by atoms with E-state index >= 15 is 0 Å². The first kappa shape index (κ1) is 33.2. The second kappa shape index (κ2) is 10.7. The Morgan fingerprint density at radius 1 is 0.545 bits per heavy atom. The molecule has 21 heteroatoms. The van der Waals surface area contributed by atoms with E-state index in [0.29, 0.717) is 0 Å². The van der Waals surface area contributed by atoms with Gasteiger partial charge >= 0.3 is 46.9 Å². The lowest BCUT2D eigenvalue weighted by Gasteiger charge is -2.31. The van der Waals surface area contributed by atoms with Crippen LogP contribution in [0.15, 0.2) is 60.7 Å². The maximum Gasteiger partial charge on any atom is 0.534 e. The van der Waals surface area contributed by atoms with E-state index in [1.165, 1.54) is 12.1 Å². The van der Waals surface area contributed by atoms with Gasteiger partial charge in [0, 0.05) is 23.5 Å². The van der Waals surface area contributed by atoms with E-state index < -0.39 is 87.6 Å². The van der Waals surface area contributed by atoms with Crippen LogP contribution in [0.4, 0.5) is 39.5 Å². The van der Waals surface area contributed by atoms with E-state index in [2.05, 4.69) is 12.5 Å². The smallest absolute Gasteiger partial charge is 0.376 e. The highest BCUT2D eigenvalue weighted by molar-refractivity contribution is 7.88. The van der Waals surface area contributed by atoms with E-state index in [9.17, 15) is 64.8 Å². The van der Waals surface area contributed by atoms with Crippen LogP contribution >= 0.6 is 0 Å². The Bertz CT molecular complexity index is 1840. The minimum absolute atomic E-state index is 0.0981. The van der Waals surface area contributed by atoms with Crippen LogP contribution in [0.5, 0.6) is 17.2 Å². The fraction of sp³-hybridized carbons (Fsp3) is 0.217. The lowest BCUT2D eigenvalue weighted by Crippen LogP contribution is -2.30. The van der Waals surface area contributed by atoms with Crippen LogP contribution in [0, 0.1) is 0 Å². The molecule has 0 heterocycles. The van der Waals surface area contributed by atoms with Crippen LogP contribution in [0.1, 0.15) is 33.7 Å². The van der Waals surface area contributed by atoms with Crippen LogP contribution < -0.4 is 12.5 Å². The molecular weight excluding hydrogens is 687 g/mol. The summed E-state index contributed by atoms with van der Waals surface area (Å²) in [5, 5.41) is 0. The SMILES string of the molecule is O=S(=O)(Oc1cccc(C2c3cccc(OS(=O)(=O)C(F)(F)F)c3Cc3c(OS(=O)(=O)C(F)(F)F)cccc32)c1)C(F)(F)F. The second-order valence-electron chi connectivity index (χ2n) is 8.78. The Labute approximate surface area is 242 Å². The molecule has 0 saturated carbocycles. The highest BCUT2D eigenvalue weighted by Crippen LogP contribution is 2.48. The normalized spacial score (nSPS) is 14.8. The highest BCUT2D eigenvalue weighted by Gasteiger charge is 2.51. The standard InChI is InChI=1S/C23H13F9O9S3/c24-21(25,26)42(33,34)39-13-5-1-4-12(10-13)20-14-6-2-8-18(40-43(35,36)22(27,28)29)16(14)11-17-15(20)7-3-9-19(17)41-44(37,38)23(30,31)32/h1-10,20H,11H2. The molecule has 0 fully saturated rings. The predicted molar refractivity (Wildman–Crippen MR) is 130 cm³/mol. The van der Waals surface area contributed by atoms with Crippen molar-refractivity contribution in [3.63, 3.8) is 0 Å². The maximum absolute atomic E-state index is 13.1. The topological polar surface area (TPSA) is 130 Å². The minimum Gasteiger partial charge on any atom is -0.376 e. The molecule has 0 amide bonds. The number of hydrogen-bond donors (Lipinski definition) is 0. The predicted octanol–water partition coefficient (Wildman–Crippen LogP) is 5.46. The third kappa shape index (κ3) is 6.25. The van der Waals surface area contributed by atoms with Crippen molar-refractivity contribution in [1.29, 1.82) is 0 Å². The van der Waals surface area contributed by atoms with Gasteiger partial charge in [0.25, 0.3) is 0 Å². The van der Waals surface area contributed by atoms with Crippen molar-refractivity contribution >= 4 is 30.4 Å². The Balaban J connectivity index is 1.96. The molecule has 240 valence electrons. The van der Waals surface area contributed by atoms with E-state index in [1.807, 2.05) is 0 Å². The summed E-state index contributed by atoms with van der Waals surface area (Å²) < 4.78 is 200. The van der Waals surface area contributed by atoms with Crippen molar-refractivity contribution in [3.8, 4) is 17.2 Å². The van der Waals surface area contributed by atoms with Gasteiger partial charge in [-0.1, -0.05) is 36.4 Å². The van der Waals surface area contributed by atoms with E-state index in [-0.39, 0.29) is 16.7 Å². The van der Waals surface area contributed by atoms with Crippen LogP contribution in [0.25, 0.3) is 0 Å². The largest absolute Gasteiger partial charge is 0.534 e. The quantitative estimate of drug-likeness (QED) is 0.140. The number of benzene rings is 3. The van der Waals surface area contributed by atoms with Gasteiger partial charge in [-0.15, -0.1) is 0 Å². The second-order valence-corrected chi connectivity index (χ2v) is 13.4. The Kier molecular flexibility index (Phi) is 8.08. The first-order valence-electron chi connectivity index (χ1n) is 11.3. The van der Waals surface area contributed by atoms with Crippen molar-refractivity contribution in [2.24, 2.45) is 0 Å². The first-order valence-corrected chi connectivity index (χ1v) is 15.5. The number of hydrogen-bond acceptors (Lipinski definition) is 9. The number of halogens is 9. The third-order valence-corrected chi connectivity index (χ3v) is 8.87. The van der Waals surface area contributed by atoms with E-state index in [4.69, 9.17) is 0 Å². The molecule has 0 bridgehead atoms. The molecule has 3 aromatic carbocycles. The molecule has 0 unspecified atom stereocenters. The van der Waals surface area contributed by atoms with Crippen molar-refractivity contribution in [3.05, 3.63) is 88.5 Å². The van der Waals surface area contributed by atoms with Crippen LogP contribution in [0.3, 0.4) is 0 Å². The molecule has 0 N–H and O–H groups in total. The molecule has 3 aromatic rings. The van der Waals surface area contributed by atoms with Gasteiger partial charge in [0.1, 0.15) is 17.2 Å². The van der Waals surface area contributed by atoms with Crippen molar-refractivity contribution in [2.75, 3.05) is 0 Å². The van der Waals surface area contributed by atoms with Gasteiger partial charge < -0.3 is 12.5 Å². The Morgan fingerprint density at radius 2 is 0.932 bits per heavy atom. The molecule has 0 aliphatic heterocycles. The lowest BCUT2D eigenvalue weighted by atomic mass is 9.74. The van der Waals surface area contributed by atoms with Crippen LogP contribution in [-0.4, -0.2) is 41.8 Å². The molecule has 0 radical (unpaired) electrons. The average molecular weight is 701 g/mol. The molecule has 1 aliphatic rings. The van der Waals surface area contributed by atoms with Gasteiger partial charge in [0.15, 0.2) is 0 Å². The van der Waals surface area contributed by atoms with E-state index in [0.717, 1.165) is 48.5 Å². The van der Waals surface area contributed by atoms with Crippen LogP contribution in [0.2, 0.25) is 0 Å². The summed E-state index contributed by atoms with van der Waals surface area (Å²) in [5.74, 6) is -4.28. The average Bonchev–Trinajstić information content (AvgIpc) is 2.85. The maximum atomic E-state index is 13.1. The summed E-state index contributed by atoms with van der Waals surface area (Å²) in [6.45, 7) is 0. The molecule has 0 saturated heterocycles. The monoisotopic (exact) mass is 700 g/mol. The molecule has 4 rings (SSSR count). The molecular formula is C23H13F9O9S3. The number of alkyl halides is 9. The third-order valence-electron chi connectivity index (χ3n) is 5.96. The summed E-state index contributed by atoms with van der Waals surface area (Å²) in [6.07, 6.45) is -0.757.